The number of carbonyl (C=O) groups excluding carboxylic acids is 2. The zero-order valence-corrected chi connectivity index (χ0v) is 19.2. The second kappa shape index (κ2) is 13.0. The van der Waals surface area contributed by atoms with Crippen LogP contribution in [0.3, 0.4) is 0 Å². The van der Waals surface area contributed by atoms with E-state index in [-0.39, 0.29) is 42.8 Å². The van der Waals surface area contributed by atoms with E-state index in [0.717, 1.165) is 31.5 Å². The summed E-state index contributed by atoms with van der Waals surface area (Å²) < 4.78 is 0. The molecule has 9 heteroatoms. The normalized spacial score (nSPS) is 14.0. The van der Waals surface area contributed by atoms with E-state index in [1.165, 1.54) is 0 Å². The van der Waals surface area contributed by atoms with Crippen LogP contribution in [0.25, 0.3) is 0 Å². The number of piperidine rings is 1. The molecule has 7 nitrogen and oxygen atoms in total. The lowest BCUT2D eigenvalue weighted by molar-refractivity contribution is -0.116. The number of aryl methyl sites for hydroxylation is 1. The Kier molecular flexibility index (Phi) is 11.2. The lowest BCUT2D eigenvalue weighted by Crippen LogP contribution is -2.44. The third-order valence-corrected chi connectivity index (χ3v) is 5.16. The van der Waals surface area contributed by atoms with Crippen molar-refractivity contribution in [3.8, 4) is 0 Å². The van der Waals surface area contributed by atoms with Gasteiger partial charge in [0.15, 0.2) is 0 Å². The lowest BCUT2D eigenvalue weighted by atomic mass is 10.1. The number of para-hydroxylation sites is 1. The number of likely N-dealkylation sites (tertiary alicyclic amines) is 1. The lowest BCUT2D eigenvalue weighted by Gasteiger charge is -2.29. The standard InChI is InChI=1S/C22H29N5O2.2ClH/c1-27-14-12-19(13-15-27)26-22(29)25-18-9-7-17(8-10-18)24-21(28)11-6-16-4-2-3-5-20(16)23;;/h2-5,7-10,19H,6,11-15,23H2,1H3,(H,24,28)(H2,25,26,29);2*1H. The van der Waals surface area contributed by atoms with Crippen LogP contribution in [-0.2, 0) is 11.2 Å². The fourth-order valence-corrected chi connectivity index (χ4v) is 3.38. The molecule has 0 atom stereocenters. The van der Waals surface area contributed by atoms with Gasteiger partial charge in [-0.1, -0.05) is 18.2 Å². The maximum atomic E-state index is 12.2. The number of nitrogens with one attached hydrogen (secondary N) is 3. The average Bonchev–Trinajstić information content (AvgIpc) is 2.70. The van der Waals surface area contributed by atoms with Gasteiger partial charge in [-0.05, 0) is 75.3 Å². The number of hydrogen-bond donors (Lipinski definition) is 4. The van der Waals surface area contributed by atoms with Crippen LogP contribution < -0.4 is 21.7 Å². The van der Waals surface area contributed by atoms with Crippen LogP contribution in [0.5, 0.6) is 0 Å². The topological polar surface area (TPSA) is 99.5 Å². The third-order valence-electron chi connectivity index (χ3n) is 5.16. The average molecular weight is 468 g/mol. The van der Waals surface area contributed by atoms with Gasteiger partial charge >= 0.3 is 6.03 Å². The third kappa shape index (κ3) is 8.65. The first-order valence-corrected chi connectivity index (χ1v) is 9.99. The minimum Gasteiger partial charge on any atom is -0.399 e. The first-order chi connectivity index (χ1) is 14.0. The van der Waals surface area contributed by atoms with E-state index in [2.05, 4.69) is 27.9 Å². The van der Waals surface area contributed by atoms with Gasteiger partial charge in [0.1, 0.15) is 0 Å². The van der Waals surface area contributed by atoms with Crippen molar-refractivity contribution in [1.29, 1.82) is 0 Å². The summed E-state index contributed by atoms with van der Waals surface area (Å²) in [5.74, 6) is -0.0750. The first kappa shape index (κ1) is 26.6. The van der Waals surface area contributed by atoms with Crippen molar-refractivity contribution in [2.24, 2.45) is 0 Å². The van der Waals surface area contributed by atoms with E-state index < -0.39 is 0 Å². The Morgan fingerprint density at radius 3 is 2.16 bits per heavy atom. The highest BCUT2D eigenvalue weighted by atomic mass is 35.5. The molecule has 1 saturated heterocycles. The Balaban J connectivity index is 0.00000240. The summed E-state index contributed by atoms with van der Waals surface area (Å²) in [7, 11) is 2.09. The summed E-state index contributed by atoms with van der Waals surface area (Å²) in [5, 5.41) is 8.73. The second-order valence-electron chi connectivity index (χ2n) is 7.50. The molecule has 170 valence electrons. The van der Waals surface area contributed by atoms with Crippen molar-refractivity contribution >= 4 is 53.8 Å². The fraction of sp³-hybridized carbons (Fsp3) is 0.364. The quantitative estimate of drug-likeness (QED) is 0.484. The number of hydrogen-bond acceptors (Lipinski definition) is 4. The number of carbonyl (C=O) groups is 2. The smallest absolute Gasteiger partial charge is 0.319 e. The highest BCUT2D eigenvalue weighted by molar-refractivity contribution is 5.92. The molecule has 2 aromatic rings. The zero-order chi connectivity index (χ0) is 20.6. The van der Waals surface area contributed by atoms with Crippen LogP contribution in [0, 0.1) is 0 Å². The Labute approximate surface area is 196 Å². The number of nitrogens with zero attached hydrogens (tertiary/aromatic N) is 1. The molecular formula is C22H31Cl2N5O2. The molecule has 0 saturated carbocycles. The molecule has 2 aromatic carbocycles. The van der Waals surface area contributed by atoms with Gasteiger partial charge in [-0.2, -0.15) is 0 Å². The Hall–Kier alpha value is -2.48. The minimum absolute atomic E-state index is 0. The number of rotatable bonds is 6. The van der Waals surface area contributed by atoms with Gasteiger partial charge in [-0.3, -0.25) is 4.79 Å². The van der Waals surface area contributed by atoms with Crippen LogP contribution in [0.4, 0.5) is 21.9 Å². The minimum atomic E-state index is -0.197. The molecule has 1 heterocycles. The molecule has 0 aliphatic carbocycles. The molecule has 1 fully saturated rings. The van der Waals surface area contributed by atoms with Gasteiger partial charge in [0.05, 0.1) is 0 Å². The monoisotopic (exact) mass is 467 g/mol. The van der Waals surface area contributed by atoms with Crippen LogP contribution in [0.2, 0.25) is 0 Å². The van der Waals surface area contributed by atoms with Crippen LogP contribution in [-0.4, -0.2) is 43.0 Å². The summed E-state index contributed by atoms with van der Waals surface area (Å²) in [6.07, 6.45) is 2.87. The van der Waals surface area contributed by atoms with Crippen LogP contribution in [0.15, 0.2) is 48.5 Å². The molecule has 0 bridgehead atoms. The molecule has 0 spiro atoms. The Bertz CT molecular complexity index is 840. The van der Waals surface area contributed by atoms with Gasteiger partial charge in [0.25, 0.3) is 0 Å². The summed E-state index contributed by atoms with van der Waals surface area (Å²) in [5.41, 5.74) is 8.96. The Morgan fingerprint density at radius 2 is 1.55 bits per heavy atom. The number of anilines is 3. The van der Waals surface area contributed by atoms with Crippen molar-refractivity contribution in [2.75, 3.05) is 36.5 Å². The molecule has 0 unspecified atom stereocenters. The molecular weight excluding hydrogens is 437 g/mol. The van der Waals surface area contributed by atoms with Gasteiger partial charge in [0.2, 0.25) is 5.91 Å². The molecule has 31 heavy (non-hydrogen) atoms. The van der Waals surface area contributed by atoms with E-state index in [1.807, 2.05) is 24.3 Å². The van der Waals surface area contributed by atoms with Crippen molar-refractivity contribution in [3.05, 3.63) is 54.1 Å². The number of halogens is 2. The van der Waals surface area contributed by atoms with Crippen LogP contribution in [0.1, 0.15) is 24.8 Å². The molecule has 3 amide bonds. The van der Waals surface area contributed by atoms with E-state index in [9.17, 15) is 9.59 Å². The highest BCUT2D eigenvalue weighted by Crippen LogP contribution is 2.16. The molecule has 1 aliphatic rings. The SMILES string of the molecule is CN1CCC(NC(=O)Nc2ccc(NC(=O)CCc3ccccc3N)cc2)CC1.Cl.Cl. The summed E-state index contributed by atoms with van der Waals surface area (Å²) in [6.45, 7) is 1.99. The summed E-state index contributed by atoms with van der Waals surface area (Å²) >= 11 is 0. The van der Waals surface area contributed by atoms with E-state index >= 15 is 0 Å². The number of benzene rings is 2. The predicted molar refractivity (Wildman–Crippen MR) is 131 cm³/mol. The van der Waals surface area contributed by atoms with E-state index in [1.54, 1.807) is 24.3 Å². The number of nitrogen functional groups attached to an aromatic ring is 1. The predicted octanol–water partition coefficient (Wildman–Crippen LogP) is 3.90. The van der Waals surface area contributed by atoms with E-state index in [4.69, 9.17) is 5.73 Å². The maximum Gasteiger partial charge on any atom is 0.319 e. The summed E-state index contributed by atoms with van der Waals surface area (Å²) in [4.78, 5) is 26.6. The Morgan fingerprint density at radius 1 is 0.968 bits per heavy atom. The van der Waals surface area contributed by atoms with Gasteiger partial charge in [0, 0.05) is 29.5 Å². The molecule has 0 aromatic heterocycles. The largest absolute Gasteiger partial charge is 0.399 e. The van der Waals surface area contributed by atoms with Crippen molar-refractivity contribution in [2.45, 2.75) is 31.7 Å². The molecule has 5 N–H and O–H groups in total. The number of nitrogens with two attached hydrogens (primary N) is 1. The highest BCUT2D eigenvalue weighted by Gasteiger charge is 2.18. The fourth-order valence-electron chi connectivity index (χ4n) is 3.38. The number of amides is 3. The van der Waals surface area contributed by atoms with Gasteiger partial charge in [-0.25, -0.2) is 4.79 Å². The molecule has 1 aliphatic heterocycles. The molecule has 3 rings (SSSR count). The van der Waals surface area contributed by atoms with Crippen molar-refractivity contribution < 1.29 is 9.59 Å². The van der Waals surface area contributed by atoms with Crippen LogP contribution >= 0.6 is 24.8 Å². The van der Waals surface area contributed by atoms with Crippen molar-refractivity contribution in [3.63, 3.8) is 0 Å². The van der Waals surface area contributed by atoms with Gasteiger partial charge in [-0.15, -0.1) is 24.8 Å². The van der Waals surface area contributed by atoms with Gasteiger partial charge < -0.3 is 26.6 Å². The van der Waals surface area contributed by atoms with Crippen molar-refractivity contribution in [1.82, 2.24) is 10.2 Å². The molecule has 0 radical (unpaired) electrons. The zero-order valence-electron chi connectivity index (χ0n) is 17.6. The second-order valence-corrected chi connectivity index (χ2v) is 7.50. The number of urea groups is 1. The van der Waals surface area contributed by atoms with E-state index in [0.29, 0.717) is 29.9 Å². The maximum absolute atomic E-state index is 12.2. The summed E-state index contributed by atoms with van der Waals surface area (Å²) in [6, 6.07) is 14.7. The first-order valence-electron chi connectivity index (χ1n) is 9.99.